The predicted molar refractivity (Wildman–Crippen MR) is 84.3 cm³/mol. The second kappa shape index (κ2) is 6.31. The summed E-state index contributed by atoms with van der Waals surface area (Å²) >= 11 is 5.91. The summed E-state index contributed by atoms with van der Waals surface area (Å²) in [5.41, 5.74) is 1.97. The molecule has 108 valence electrons. The Balaban J connectivity index is 1.71. The van der Waals surface area contributed by atoms with Crippen molar-refractivity contribution in [3.63, 3.8) is 0 Å². The summed E-state index contributed by atoms with van der Waals surface area (Å²) < 4.78 is 5.56. The molecule has 1 saturated carbocycles. The van der Waals surface area contributed by atoms with Gasteiger partial charge in [-0.2, -0.15) is 0 Å². The monoisotopic (exact) mass is 300 g/mol. The summed E-state index contributed by atoms with van der Waals surface area (Å²) in [5.74, 6) is 1.19. The third-order valence-corrected chi connectivity index (χ3v) is 4.21. The molecule has 2 aromatic rings. The third kappa shape index (κ3) is 3.27. The zero-order valence-electron chi connectivity index (χ0n) is 11.7. The van der Waals surface area contributed by atoms with Crippen molar-refractivity contribution >= 4 is 17.4 Å². The number of carbonyl (C=O) groups excluding carboxylic acids is 1. The van der Waals surface area contributed by atoms with Crippen molar-refractivity contribution in [3.8, 4) is 5.75 Å². The molecule has 1 aliphatic carbocycles. The fraction of sp³-hybridized carbons (Fsp3) is 0.278. The first-order chi connectivity index (χ1) is 10.2. The number of Topliss-reactive ketones (excluding diaryl/α,β-unsaturated/α-hetero) is 1. The van der Waals surface area contributed by atoms with Gasteiger partial charge in [0.05, 0.1) is 0 Å². The average Bonchev–Trinajstić information content (AvgIpc) is 2.44. The van der Waals surface area contributed by atoms with Crippen LogP contribution in [0.1, 0.15) is 41.1 Å². The van der Waals surface area contributed by atoms with Gasteiger partial charge in [0, 0.05) is 10.6 Å². The van der Waals surface area contributed by atoms with Gasteiger partial charge in [-0.05, 0) is 42.5 Å². The molecule has 3 heteroatoms. The molecular weight excluding hydrogens is 284 g/mol. The molecule has 0 aliphatic heterocycles. The van der Waals surface area contributed by atoms with Crippen LogP contribution in [0.25, 0.3) is 0 Å². The van der Waals surface area contributed by atoms with E-state index in [0.717, 1.165) is 5.56 Å². The van der Waals surface area contributed by atoms with Crippen LogP contribution in [0.2, 0.25) is 5.02 Å². The Morgan fingerprint density at radius 3 is 2.67 bits per heavy atom. The van der Waals surface area contributed by atoms with Crippen molar-refractivity contribution in [2.24, 2.45) is 0 Å². The molecule has 1 aliphatic rings. The Bertz CT molecular complexity index is 647. The van der Waals surface area contributed by atoms with Gasteiger partial charge in [-0.25, -0.2) is 0 Å². The van der Waals surface area contributed by atoms with E-state index in [2.05, 4.69) is 6.07 Å². The van der Waals surface area contributed by atoms with Crippen LogP contribution in [0.15, 0.2) is 48.5 Å². The van der Waals surface area contributed by atoms with Crippen molar-refractivity contribution in [1.82, 2.24) is 0 Å². The van der Waals surface area contributed by atoms with Gasteiger partial charge in [-0.3, -0.25) is 4.79 Å². The van der Waals surface area contributed by atoms with Crippen molar-refractivity contribution < 1.29 is 9.53 Å². The lowest BCUT2D eigenvalue weighted by Gasteiger charge is -2.27. The Morgan fingerprint density at radius 1 is 1.14 bits per heavy atom. The third-order valence-electron chi connectivity index (χ3n) is 3.97. The largest absolute Gasteiger partial charge is 0.485 e. The van der Waals surface area contributed by atoms with Crippen molar-refractivity contribution in [3.05, 3.63) is 64.7 Å². The zero-order chi connectivity index (χ0) is 14.7. The van der Waals surface area contributed by atoms with Crippen LogP contribution in [-0.4, -0.2) is 12.4 Å². The van der Waals surface area contributed by atoms with E-state index in [1.807, 2.05) is 24.3 Å². The minimum atomic E-state index is 0.0254. The quantitative estimate of drug-likeness (QED) is 0.736. The normalized spacial score (nSPS) is 14.5. The van der Waals surface area contributed by atoms with Crippen molar-refractivity contribution in [1.29, 1.82) is 0 Å². The first-order valence-corrected chi connectivity index (χ1v) is 7.62. The van der Waals surface area contributed by atoms with Gasteiger partial charge >= 0.3 is 0 Å². The molecule has 0 amide bonds. The number of carbonyl (C=O) groups is 1. The molecule has 2 nitrogen and oxygen atoms in total. The summed E-state index contributed by atoms with van der Waals surface area (Å²) in [7, 11) is 0. The number of hydrogen-bond acceptors (Lipinski definition) is 2. The minimum absolute atomic E-state index is 0.0254. The van der Waals surface area contributed by atoms with Crippen molar-refractivity contribution in [2.75, 3.05) is 6.61 Å². The van der Waals surface area contributed by atoms with Crippen LogP contribution in [-0.2, 0) is 0 Å². The number of ketones is 1. The van der Waals surface area contributed by atoms with E-state index in [9.17, 15) is 4.79 Å². The van der Waals surface area contributed by atoms with Crippen LogP contribution >= 0.6 is 11.6 Å². The molecule has 0 N–H and O–H groups in total. The fourth-order valence-corrected chi connectivity index (χ4v) is 2.79. The summed E-state index contributed by atoms with van der Waals surface area (Å²) in [6, 6.07) is 15.0. The van der Waals surface area contributed by atoms with E-state index in [1.54, 1.807) is 18.2 Å². The summed E-state index contributed by atoms with van der Waals surface area (Å²) in [6.45, 7) is 0.0457. The SMILES string of the molecule is O=C(COc1cccc(Cl)c1)c1ccccc1C1CCC1. The van der Waals surface area contributed by atoms with Crippen LogP contribution in [0.3, 0.4) is 0 Å². The maximum atomic E-state index is 12.4. The maximum absolute atomic E-state index is 12.4. The Kier molecular flexibility index (Phi) is 4.26. The lowest BCUT2D eigenvalue weighted by molar-refractivity contribution is 0.0919. The van der Waals surface area contributed by atoms with E-state index in [1.165, 1.54) is 24.8 Å². The number of rotatable bonds is 5. The highest BCUT2D eigenvalue weighted by Gasteiger charge is 2.24. The molecule has 21 heavy (non-hydrogen) atoms. The van der Waals surface area contributed by atoms with Gasteiger partial charge in [0.1, 0.15) is 5.75 Å². The van der Waals surface area contributed by atoms with E-state index in [0.29, 0.717) is 16.7 Å². The van der Waals surface area contributed by atoms with Crippen molar-refractivity contribution in [2.45, 2.75) is 25.2 Å². The molecule has 0 unspecified atom stereocenters. The van der Waals surface area contributed by atoms with Crippen LogP contribution < -0.4 is 4.74 Å². The van der Waals surface area contributed by atoms with Crippen LogP contribution in [0.4, 0.5) is 0 Å². The second-order valence-electron chi connectivity index (χ2n) is 5.38. The van der Waals surface area contributed by atoms with Gasteiger partial charge < -0.3 is 4.74 Å². The molecular formula is C18H17ClO2. The molecule has 0 radical (unpaired) electrons. The first-order valence-electron chi connectivity index (χ1n) is 7.24. The lowest BCUT2D eigenvalue weighted by Crippen LogP contribution is -2.17. The number of ether oxygens (including phenoxy) is 1. The molecule has 0 atom stereocenters. The average molecular weight is 301 g/mol. The van der Waals surface area contributed by atoms with Crippen LogP contribution in [0.5, 0.6) is 5.75 Å². The Labute approximate surface area is 129 Å². The number of hydrogen-bond donors (Lipinski definition) is 0. The predicted octanol–water partition coefficient (Wildman–Crippen LogP) is 4.87. The summed E-state index contributed by atoms with van der Waals surface area (Å²) in [5, 5.41) is 0.606. The topological polar surface area (TPSA) is 26.3 Å². The van der Waals surface area contributed by atoms with Gasteiger partial charge in [-0.15, -0.1) is 0 Å². The Hall–Kier alpha value is -1.80. The maximum Gasteiger partial charge on any atom is 0.200 e. The molecule has 0 aromatic heterocycles. The number of benzene rings is 2. The lowest BCUT2D eigenvalue weighted by atomic mass is 9.77. The van der Waals surface area contributed by atoms with Gasteiger partial charge in [0.2, 0.25) is 0 Å². The van der Waals surface area contributed by atoms with Gasteiger partial charge in [0.25, 0.3) is 0 Å². The highest BCUT2D eigenvalue weighted by atomic mass is 35.5. The molecule has 3 rings (SSSR count). The van der Waals surface area contributed by atoms with Gasteiger partial charge in [0.15, 0.2) is 12.4 Å². The zero-order valence-corrected chi connectivity index (χ0v) is 12.5. The Morgan fingerprint density at radius 2 is 1.95 bits per heavy atom. The summed E-state index contributed by atoms with van der Waals surface area (Å²) in [4.78, 5) is 12.4. The van der Waals surface area contributed by atoms with E-state index in [-0.39, 0.29) is 12.4 Å². The molecule has 0 spiro atoms. The second-order valence-corrected chi connectivity index (χ2v) is 5.82. The molecule has 0 saturated heterocycles. The molecule has 1 fully saturated rings. The fourth-order valence-electron chi connectivity index (χ4n) is 2.61. The molecule has 0 heterocycles. The molecule has 0 bridgehead atoms. The smallest absolute Gasteiger partial charge is 0.200 e. The van der Waals surface area contributed by atoms with E-state index >= 15 is 0 Å². The summed E-state index contributed by atoms with van der Waals surface area (Å²) in [6.07, 6.45) is 3.62. The highest BCUT2D eigenvalue weighted by Crippen LogP contribution is 2.38. The minimum Gasteiger partial charge on any atom is -0.485 e. The highest BCUT2D eigenvalue weighted by molar-refractivity contribution is 6.30. The molecule has 2 aromatic carbocycles. The number of halogens is 1. The van der Waals surface area contributed by atoms with E-state index < -0.39 is 0 Å². The van der Waals surface area contributed by atoms with Gasteiger partial charge in [-0.1, -0.05) is 48.4 Å². The van der Waals surface area contributed by atoms with Crippen LogP contribution in [0, 0.1) is 0 Å². The standard InChI is InChI=1S/C18H17ClO2/c19-14-7-4-8-15(11-14)21-12-18(20)17-10-2-1-9-16(17)13-5-3-6-13/h1-2,4,7-11,13H,3,5-6,12H2. The first kappa shape index (κ1) is 14.2. The van der Waals surface area contributed by atoms with E-state index in [4.69, 9.17) is 16.3 Å².